The first-order chi connectivity index (χ1) is 18.7. The summed E-state index contributed by atoms with van der Waals surface area (Å²) in [6.07, 6.45) is -1.43. The SMILES string of the molecule is Cc1ccccc1C(CC(=O)OOC(=O)C(F)(F)F)c1c[nH]c2cc(OCCCNc3ccccn3)ccc12. The summed E-state index contributed by atoms with van der Waals surface area (Å²) in [5.74, 6) is -2.85. The van der Waals surface area contributed by atoms with Gasteiger partial charge in [-0.2, -0.15) is 13.2 Å². The lowest BCUT2D eigenvalue weighted by atomic mass is 9.86. The average Bonchev–Trinajstić information content (AvgIpc) is 3.34. The molecule has 0 amide bonds. The molecule has 204 valence electrons. The Bertz CT molecular complexity index is 1420. The molecule has 0 radical (unpaired) electrons. The first-order valence-electron chi connectivity index (χ1n) is 12.1. The van der Waals surface area contributed by atoms with Crippen LogP contribution in [0.15, 0.2) is 73.1 Å². The number of fused-ring (bicyclic) bond motifs is 1. The smallest absolute Gasteiger partial charge is 0.493 e. The van der Waals surface area contributed by atoms with Gasteiger partial charge in [-0.25, -0.2) is 24.3 Å². The molecule has 2 N–H and O–H groups in total. The number of nitrogens with one attached hydrogen (secondary N) is 2. The highest BCUT2D eigenvalue weighted by Gasteiger charge is 2.43. The number of hydrogen-bond acceptors (Lipinski definition) is 7. The molecule has 0 aliphatic rings. The zero-order valence-electron chi connectivity index (χ0n) is 21.0. The Labute approximate surface area is 222 Å². The maximum absolute atomic E-state index is 12.4. The first kappa shape index (κ1) is 27.5. The van der Waals surface area contributed by atoms with Gasteiger partial charge in [0.1, 0.15) is 11.6 Å². The summed E-state index contributed by atoms with van der Waals surface area (Å²) in [4.78, 5) is 38.6. The highest BCUT2D eigenvalue weighted by molar-refractivity contribution is 5.86. The third-order valence-corrected chi connectivity index (χ3v) is 6.00. The number of H-pyrrole nitrogens is 1. The van der Waals surface area contributed by atoms with Gasteiger partial charge in [0.2, 0.25) is 0 Å². The quantitative estimate of drug-likeness (QED) is 0.148. The van der Waals surface area contributed by atoms with Crippen molar-refractivity contribution in [2.45, 2.75) is 31.9 Å². The second-order valence-electron chi connectivity index (χ2n) is 8.73. The standard InChI is InChI=1S/C28H26F3N3O5/c1-18-7-2-3-8-20(18)22(16-26(35)38-39-27(36)28(29,30)31)23-17-34-24-15-19(10-11-21(23)24)37-14-6-13-33-25-9-4-5-12-32-25/h2-5,7-12,15,17,22,34H,6,13-14,16H2,1H3,(H,32,33). The van der Waals surface area contributed by atoms with E-state index in [0.29, 0.717) is 18.9 Å². The summed E-state index contributed by atoms with van der Waals surface area (Å²) >= 11 is 0. The van der Waals surface area contributed by atoms with Crippen LogP contribution in [0.25, 0.3) is 10.9 Å². The van der Waals surface area contributed by atoms with E-state index in [2.05, 4.69) is 25.1 Å². The second-order valence-corrected chi connectivity index (χ2v) is 8.73. The van der Waals surface area contributed by atoms with Crippen molar-refractivity contribution < 1.29 is 37.3 Å². The van der Waals surface area contributed by atoms with E-state index in [1.54, 1.807) is 18.5 Å². The number of alkyl halides is 3. The summed E-state index contributed by atoms with van der Waals surface area (Å²) < 4.78 is 43.1. The van der Waals surface area contributed by atoms with E-state index < -0.39 is 24.0 Å². The van der Waals surface area contributed by atoms with Crippen LogP contribution in [0.3, 0.4) is 0 Å². The molecule has 4 rings (SSSR count). The molecule has 0 saturated carbocycles. The molecule has 11 heteroatoms. The lowest BCUT2D eigenvalue weighted by Crippen LogP contribution is -2.27. The van der Waals surface area contributed by atoms with E-state index >= 15 is 0 Å². The number of aromatic nitrogens is 2. The van der Waals surface area contributed by atoms with Crippen LogP contribution in [-0.2, 0) is 19.4 Å². The van der Waals surface area contributed by atoms with Crippen molar-refractivity contribution in [1.29, 1.82) is 0 Å². The number of rotatable bonds is 10. The zero-order chi connectivity index (χ0) is 27.8. The maximum atomic E-state index is 12.4. The Kier molecular flexibility index (Phi) is 8.70. The van der Waals surface area contributed by atoms with Gasteiger partial charge in [-0.3, -0.25) is 0 Å². The molecule has 0 bridgehead atoms. The maximum Gasteiger partial charge on any atom is 0.495 e. The van der Waals surface area contributed by atoms with E-state index in [0.717, 1.165) is 39.8 Å². The normalized spacial score (nSPS) is 12.1. The average molecular weight is 542 g/mol. The van der Waals surface area contributed by atoms with Crippen molar-refractivity contribution in [3.05, 3.63) is 89.7 Å². The fourth-order valence-electron chi connectivity index (χ4n) is 4.15. The molecule has 0 saturated heterocycles. The van der Waals surface area contributed by atoms with Gasteiger partial charge in [-0.15, -0.1) is 0 Å². The van der Waals surface area contributed by atoms with Gasteiger partial charge in [-0.1, -0.05) is 30.3 Å². The molecule has 2 aromatic carbocycles. The molecule has 4 aromatic rings. The molecule has 0 aliphatic carbocycles. The lowest BCUT2D eigenvalue weighted by Gasteiger charge is -2.18. The van der Waals surface area contributed by atoms with Crippen LogP contribution in [0.1, 0.15) is 35.4 Å². The topological polar surface area (TPSA) is 103 Å². The van der Waals surface area contributed by atoms with Gasteiger partial charge in [0.05, 0.1) is 13.0 Å². The van der Waals surface area contributed by atoms with Gasteiger partial charge < -0.3 is 15.0 Å². The Balaban J connectivity index is 1.45. The van der Waals surface area contributed by atoms with E-state index in [1.807, 2.05) is 61.5 Å². The van der Waals surface area contributed by atoms with E-state index in [9.17, 15) is 22.8 Å². The number of aromatic amines is 1. The number of carbonyl (C=O) groups is 2. The molecule has 8 nitrogen and oxygen atoms in total. The van der Waals surface area contributed by atoms with Gasteiger partial charge in [0, 0.05) is 41.8 Å². The van der Waals surface area contributed by atoms with Crippen molar-refractivity contribution >= 4 is 28.7 Å². The number of halogens is 3. The summed E-state index contributed by atoms with van der Waals surface area (Å²) in [5.41, 5.74) is 3.13. The third kappa shape index (κ3) is 7.28. The monoisotopic (exact) mass is 541 g/mol. The molecular formula is C28H26F3N3O5. The van der Waals surface area contributed by atoms with Crippen molar-refractivity contribution in [1.82, 2.24) is 9.97 Å². The minimum atomic E-state index is -5.28. The molecule has 2 aromatic heterocycles. The van der Waals surface area contributed by atoms with E-state index in [-0.39, 0.29) is 6.42 Å². The molecule has 1 unspecified atom stereocenters. The van der Waals surface area contributed by atoms with Crippen LogP contribution in [0, 0.1) is 6.92 Å². The number of carbonyl (C=O) groups excluding carboxylic acids is 2. The summed E-state index contributed by atoms with van der Waals surface area (Å²) in [5, 5.41) is 4.01. The summed E-state index contributed by atoms with van der Waals surface area (Å²) in [6, 6.07) is 18.5. The predicted octanol–water partition coefficient (Wildman–Crippen LogP) is 5.84. The fourth-order valence-corrected chi connectivity index (χ4v) is 4.15. The predicted molar refractivity (Wildman–Crippen MR) is 137 cm³/mol. The van der Waals surface area contributed by atoms with E-state index in [4.69, 9.17) is 4.74 Å². The van der Waals surface area contributed by atoms with Crippen molar-refractivity contribution in [2.75, 3.05) is 18.5 Å². The van der Waals surface area contributed by atoms with Crippen molar-refractivity contribution in [3.63, 3.8) is 0 Å². The number of benzene rings is 2. The largest absolute Gasteiger partial charge is 0.495 e. The fraction of sp³-hybridized carbons (Fsp3) is 0.250. The molecule has 0 aliphatic heterocycles. The molecule has 1 atom stereocenters. The molecule has 0 spiro atoms. The van der Waals surface area contributed by atoms with Crippen LogP contribution in [0.4, 0.5) is 19.0 Å². The van der Waals surface area contributed by atoms with Crippen molar-refractivity contribution in [3.8, 4) is 5.75 Å². The van der Waals surface area contributed by atoms with E-state index in [1.165, 1.54) is 0 Å². The van der Waals surface area contributed by atoms with Crippen LogP contribution >= 0.6 is 0 Å². The third-order valence-electron chi connectivity index (χ3n) is 6.00. The number of aryl methyl sites for hydroxylation is 1. The zero-order valence-corrected chi connectivity index (χ0v) is 21.0. The van der Waals surface area contributed by atoms with Crippen LogP contribution < -0.4 is 10.1 Å². The van der Waals surface area contributed by atoms with Gasteiger partial charge in [0.15, 0.2) is 0 Å². The van der Waals surface area contributed by atoms with Crippen LogP contribution in [0.5, 0.6) is 5.75 Å². The second kappa shape index (κ2) is 12.3. The van der Waals surface area contributed by atoms with Crippen LogP contribution in [-0.4, -0.2) is 41.2 Å². The number of pyridine rings is 1. The summed E-state index contributed by atoms with van der Waals surface area (Å²) in [6.45, 7) is 3.03. The Morgan fingerprint density at radius 1 is 1.03 bits per heavy atom. The Hall–Kier alpha value is -4.54. The first-order valence-corrected chi connectivity index (χ1v) is 12.1. The molecule has 39 heavy (non-hydrogen) atoms. The Morgan fingerprint density at radius 2 is 1.82 bits per heavy atom. The highest BCUT2D eigenvalue weighted by atomic mass is 19.4. The molecular weight excluding hydrogens is 515 g/mol. The van der Waals surface area contributed by atoms with Gasteiger partial charge in [0.25, 0.3) is 0 Å². The minimum absolute atomic E-state index is 0.357. The van der Waals surface area contributed by atoms with Gasteiger partial charge in [-0.05, 0) is 54.3 Å². The van der Waals surface area contributed by atoms with Gasteiger partial charge >= 0.3 is 18.1 Å². The summed E-state index contributed by atoms with van der Waals surface area (Å²) in [7, 11) is 0. The van der Waals surface area contributed by atoms with Crippen molar-refractivity contribution in [2.24, 2.45) is 0 Å². The number of ether oxygens (including phenoxy) is 1. The van der Waals surface area contributed by atoms with Crippen LogP contribution in [0.2, 0.25) is 0 Å². The minimum Gasteiger partial charge on any atom is -0.493 e. The molecule has 0 fully saturated rings. The number of hydrogen-bond donors (Lipinski definition) is 2. The number of nitrogens with zero attached hydrogens (tertiary/aromatic N) is 1. The highest BCUT2D eigenvalue weighted by Crippen LogP contribution is 2.36. The molecule has 2 heterocycles. The lowest BCUT2D eigenvalue weighted by molar-refractivity contribution is -0.285. The number of anilines is 1. The Morgan fingerprint density at radius 3 is 2.56 bits per heavy atom.